The highest BCUT2D eigenvalue weighted by Gasteiger charge is 2.40. The third-order valence-corrected chi connectivity index (χ3v) is 4.15. The van der Waals surface area contributed by atoms with Gasteiger partial charge in [0.05, 0.1) is 12.7 Å². The monoisotopic (exact) mass is 271 g/mol. The lowest BCUT2D eigenvalue weighted by molar-refractivity contribution is -0.167. The van der Waals surface area contributed by atoms with Crippen LogP contribution in [0.2, 0.25) is 0 Å². The van der Waals surface area contributed by atoms with Crippen molar-refractivity contribution in [1.82, 2.24) is 4.90 Å². The Kier molecular flexibility index (Phi) is 4.81. The van der Waals surface area contributed by atoms with Gasteiger partial charge in [0.1, 0.15) is 0 Å². The van der Waals surface area contributed by atoms with Crippen molar-refractivity contribution in [2.75, 3.05) is 26.2 Å². The summed E-state index contributed by atoms with van der Waals surface area (Å²) in [4.78, 5) is 13.0. The van der Waals surface area contributed by atoms with Crippen molar-refractivity contribution in [3.8, 4) is 0 Å². The molecule has 0 aromatic rings. The Morgan fingerprint density at radius 1 is 1.53 bits per heavy atom. The number of carboxylic acid groups (broad SMARTS) is 1. The summed E-state index contributed by atoms with van der Waals surface area (Å²) in [6.45, 7) is 8.10. The molecule has 2 rings (SSSR count). The first-order valence-corrected chi connectivity index (χ1v) is 7.26. The zero-order chi connectivity index (χ0) is 13.9. The standard InChI is InChI=1S/C14H25NO4/c1-3-15-7-6-11(9-15)8-14(2)18-10-12(19-14)4-5-13(16)17/h11-12H,3-10H2,1-2H3,(H,16,17). The van der Waals surface area contributed by atoms with Gasteiger partial charge in [0.25, 0.3) is 0 Å². The Labute approximate surface area is 114 Å². The maximum atomic E-state index is 10.6. The molecule has 1 N–H and O–H groups in total. The minimum absolute atomic E-state index is 0.0650. The van der Waals surface area contributed by atoms with Crippen LogP contribution in [0.3, 0.4) is 0 Å². The van der Waals surface area contributed by atoms with Crippen molar-refractivity contribution in [1.29, 1.82) is 0 Å². The smallest absolute Gasteiger partial charge is 0.303 e. The van der Waals surface area contributed by atoms with Gasteiger partial charge in [-0.25, -0.2) is 0 Å². The molecule has 19 heavy (non-hydrogen) atoms. The lowest BCUT2D eigenvalue weighted by Gasteiger charge is -2.26. The fraction of sp³-hybridized carbons (Fsp3) is 0.929. The largest absolute Gasteiger partial charge is 0.481 e. The molecule has 5 nitrogen and oxygen atoms in total. The highest BCUT2D eigenvalue weighted by Crippen LogP contribution is 2.34. The first kappa shape index (κ1) is 14.8. The second-order valence-corrected chi connectivity index (χ2v) is 5.87. The minimum Gasteiger partial charge on any atom is -0.481 e. The van der Waals surface area contributed by atoms with Gasteiger partial charge in [-0.1, -0.05) is 6.92 Å². The number of rotatable bonds is 6. The molecule has 2 saturated heterocycles. The molecule has 0 spiro atoms. The Hall–Kier alpha value is -0.650. The molecule has 5 heteroatoms. The normalized spacial score (nSPS) is 35.9. The van der Waals surface area contributed by atoms with E-state index in [2.05, 4.69) is 11.8 Å². The molecule has 0 aromatic heterocycles. The maximum absolute atomic E-state index is 10.6. The molecule has 0 aliphatic carbocycles. The van der Waals surface area contributed by atoms with E-state index < -0.39 is 11.8 Å². The van der Waals surface area contributed by atoms with E-state index in [0.717, 1.165) is 19.5 Å². The summed E-state index contributed by atoms with van der Waals surface area (Å²) in [5.41, 5.74) is 0. The molecule has 110 valence electrons. The van der Waals surface area contributed by atoms with Crippen LogP contribution in [0.1, 0.15) is 39.5 Å². The number of hydrogen-bond acceptors (Lipinski definition) is 4. The summed E-state index contributed by atoms with van der Waals surface area (Å²) in [7, 11) is 0. The average Bonchev–Trinajstić information content (AvgIpc) is 2.94. The van der Waals surface area contributed by atoms with E-state index in [-0.39, 0.29) is 12.5 Å². The quantitative estimate of drug-likeness (QED) is 0.797. The third kappa shape index (κ3) is 4.16. The minimum atomic E-state index is -0.772. The van der Waals surface area contributed by atoms with Gasteiger partial charge >= 0.3 is 5.97 Å². The number of nitrogens with zero attached hydrogens (tertiary/aromatic N) is 1. The molecule has 2 aliphatic heterocycles. The Bertz CT molecular complexity index is 323. The van der Waals surface area contributed by atoms with Gasteiger partial charge in [0.2, 0.25) is 0 Å². The summed E-state index contributed by atoms with van der Waals surface area (Å²) < 4.78 is 11.7. The van der Waals surface area contributed by atoms with E-state index in [1.165, 1.54) is 13.0 Å². The van der Waals surface area contributed by atoms with Crippen LogP contribution in [0.25, 0.3) is 0 Å². The maximum Gasteiger partial charge on any atom is 0.303 e. The van der Waals surface area contributed by atoms with E-state index in [4.69, 9.17) is 14.6 Å². The number of aliphatic carboxylic acids is 1. The van der Waals surface area contributed by atoms with Gasteiger partial charge in [-0.05, 0) is 38.8 Å². The number of ether oxygens (including phenoxy) is 2. The van der Waals surface area contributed by atoms with Crippen LogP contribution in [0, 0.1) is 5.92 Å². The topological polar surface area (TPSA) is 59.0 Å². The molecule has 0 bridgehead atoms. The van der Waals surface area contributed by atoms with Gasteiger partial charge in [0.15, 0.2) is 5.79 Å². The van der Waals surface area contributed by atoms with Crippen molar-refractivity contribution in [3.63, 3.8) is 0 Å². The van der Waals surface area contributed by atoms with Gasteiger partial charge in [-0.2, -0.15) is 0 Å². The van der Waals surface area contributed by atoms with Crippen LogP contribution in [-0.4, -0.2) is 54.1 Å². The fourth-order valence-electron chi connectivity index (χ4n) is 3.11. The van der Waals surface area contributed by atoms with Gasteiger partial charge in [0, 0.05) is 19.4 Å². The van der Waals surface area contributed by atoms with E-state index in [9.17, 15) is 4.79 Å². The number of carbonyl (C=O) groups is 1. The lowest BCUT2D eigenvalue weighted by Crippen LogP contribution is -2.31. The van der Waals surface area contributed by atoms with Crippen molar-refractivity contribution < 1.29 is 19.4 Å². The molecular formula is C14H25NO4. The molecule has 0 aromatic carbocycles. The second kappa shape index (κ2) is 6.20. The number of hydrogen-bond donors (Lipinski definition) is 1. The summed E-state index contributed by atoms with van der Waals surface area (Å²) >= 11 is 0. The molecule has 2 heterocycles. The third-order valence-electron chi connectivity index (χ3n) is 4.15. The van der Waals surface area contributed by atoms with Crippen LogP contribution < -0.4 is 0 Å². The van der Waals surface area contributed by atoms with E-state index in [0.29, 0.717) is 18.9 Å². The van der Waals surface area contributed by atoms with Crippen LogP contribution in [0.15, 0.2) is 0 Å². The van der Waals surface area contributed by atoms with Crippen molar-refractivity contribution >= 4 is 5.97 Å². The highest BCUT2D eigenvalue weighted by atomic mass is 16.7. The average molecular weight is 271 g/mol. The van der Waals surface area contributed by atoms with E-state index in [1.54, 1.807) is 0 Å². The van der Waals surface area contributed by atoms with Gasteiger partial charge in [-0.3, -0.25) is 4.79 Å². The predicted molar refractivity (Wildman–Crippen MR) is 70.9 cm³/mol. The van der Waals surface area contributed by atoms with Crippen LogP contribution in [-0.2, 0) is 14.3 Å². The summed E-state index contributed by atoms with van der Waals surface area (Å²) in [6.07, 6.45) is 2.74. The lowest BCUT2D eigenvalue weighted by atomic mass is 9.99. The van der Waals surface area contributed by atoms with E-state index >= 15 is 0 Å². The van der Waals surface area contributed by atoms with Crippen LogP contribution >= 0.6 is 0 Å². The van der Waals surface area contributed by atoms with Crippen molar-refractivity contribution in [2.24, 2.45) is 5.92 Å². The molecule has 3 atom stereocenters. The van der Waals surface area contributed by atoms with Crippen molar-refractivity contribution in [3.05, 3.63) is 0 Å². The first-order valence-electron chi connectivity index (χ1n) is 7.26. The zero-order valence-electron chi connectivity index (χ0n) is 11.9. The predicted octanol–water partition coefficient (Wildman–Crippen LogP) is 1.71. The molecular weight excluding hydrogens is 246 g/mol. The molecule has 0 amide bonds. The fourth-order valence-corrected chi connectivity index (χ4v) is 3.11. The van der Waals surface area contributed by atoms with Gasteiger partial charge < -0.3 is 19.5 Å². The van der Waals surface area contributed by atoms with Crippen LogP contribution in [0.5, 0.6) is 0 Å². The van der Waals surface area contributed by atoms with Crippen LogP contribution in [0.4, 0.5) is 0 Å². The second-order valence-electron chi connectivity index (χ2n) is 5.87. The highest BCUT2D eigenvalue weighted by molar-refractivity contribution is 5.66. The summed E-state index contributed by atoms with van der Waals surface area (Å²) in [5, 5.41) is 8.69. The summed E-state index contributed by atoms with van der Waals surface area (Å²) in [5.74, 6) is -0.660. The first-order chi connectivity index (χ1) is 9.00. The zero-order valence-corrected chi connectivity index (χ0v) is 11.9. The Morgan fingerprint density at radius 2 is 2.32 bits per heavy atom. The number of carboxylic acids is 1. The molecule has 0 radical (unpaired) electrons. The molecule has 0 saturated carbocycles. The Balaban J connectivity index is 1.76. The van der Waals surface area contributed by atoms with Crippen molar-refractivity contribution in [2.45, 2.75) is 51.4 Å². The molecule has 2 aliphatic rings. The van der Waals surface area contributed by atoms with E-state index in [1.807, 2.05) is 6.92 Å². The molecule has 2 fully saturated rings. The number of likely N-dealkylation sites (tertiary alicyclic amines) is 1. The molecule has 3 unspecified atom stereocenters. The SMILES string of the molecule is CCN1CCC(CC2(C)OCC(CCC(=O)O)O2)C1. The van der Waals surface area contributed by atoms with Gasteiger partial charge in [-0.15, -0.1) is 0 Å². The Morgan fingerprint density at radius 3 is 2.95 bits per heavy atom. The summed E-state index contributed by atoms with van der Waals surface area (Å²) in [6, 6.07) is 0.